The number of esters is 1. The fraction of sp³-hybridized carbons (Fsp3) is 0.0909. The maximum Gasteiger partial charge on any atom is 0.338 e. The number of carbonyl (C=O) groups is 4. The third kappa shape index (κ3) is 10.6. The Labute approximate surface area is 203 Å². The molecule has 0 saturated carbocycles. The van der Waals surface area contributed by atoms with Crippen LogP contribution >= 0.6 is 11.6 Å². The van der Waals surface area contributed by atoms with Gasteiger partial charge in [-0.25, -0.2) is 4.79 Å². The molecule has 0 fully saturated rings. The normalized spacial score (nSPS) is 9.11. The SMILES string of the molecule is C=C(C)C(=O)Cl.C=C(C)C(=O)Oc1ccc([N+](=O)[O-])c(C=O)c1.O=Cc1cc(O)ccc1[N+](=O)[O-]. The fourth-order valence-corrected chi connectivity index (χ4v) is 1.85. The van der Waals surface area contributed by atoms with Crippen LogP contribution in [-0.4, -0.2) is 38.7 Å². The van der Waals surface area contributed by atoms with Gasteiger partial charge in [0.05, 0.1) is 21.0 Å². The third-order valence-electron chi connectivity index (χ3n) is 3.55. The van der Waals surface area contributed by atoms with Crippen molar-refractivity contribution in [1.82, 2.24) is 0 Å². The Hall–Kier alpha value is -4.71. The molecule has 0 aliphatic heterocycles. The highest BCUT2D eigenvalue weighted by atomic mass is 35.5. The van der Waals surface area contributed by atoms with Crippen LogP contribution in [0.3, 0.4) is 0 Å². The number of hydrogen-bond donors (Lipinski definition) is 1. The molecule has 0 amide bonds. The Balaban J connectivity index is 0.000000557. The van der Waals surface area contributed by atoms with Crippen molar-refractivity contribution in [3.8, 4) is 11.5 Å². The van der Waals surface area contributed by atoms with Gasteiger partial charge in [-0.05, 0) is 49.7 Å². The van der Waals surface area contributed by atoms with E-state index in [4.69, 9.17) is 21.4 Å². The molecule has 1 N–H and O–H groups in total. The van der Waals surface area contributed by atoms with Gasteiger partial charge in [0.1, 0.15) is 11.5 Å². The topological polar surface area (TPSA) is 184 Å². The number of nitro groups is 2. The monoisotopic (exact) mass is 506 g/mol. The number of hydrogen-bond acceptors (Lipinski definition) is 10. The maximum atomic E-state index is 11.2. The molecule has 13 heteroatoms. The molecule has 2 aromatic rings. The zero-order valence-electron chi connectivity index (χ0n) is 18.4. The third-order valence-corrected chi connectivity index (χ3v) is 3.87. The molecule has 0 atom stereocenters. The standard InChI is InChI=1S/C11H9NO5.C7H5NO4.C4H5ClO/c1-7(2)11(14)17-9-3-4-10(12(15)16)8(5-9)6-13;9-4-5-3-6(10)1-2-7(5)8(11)12;1-3(2)4(5)6/h3-6H,1H2,2H3;1-4,10H;1H2,2H3. The number of nitro benzene ring substituents is 2. The minimum atomic E-state index is -0.686. The summed E-state index contributed by atoms with van der Waals surface area (Å²) in [5.74, 6) is -0.760. The van der Waals surface area contributed by atoms with Gasteiger partial charge >= 0.3 is 5.97 Å². The number of ether oxygens (including phenoxy) is 1. The lowest BCUT2D eigenvalue weighted by molar-refractivity contribution is -0.385. The minimum Gasteiger partial charge on any atom is -0.508 e. The van der Waals surface area contributed by atoms with Crippen LogP contribution in [0.25, 0.3) is 0 Å². The summed E-state index contributed by atoms with van der Waals surface area (Å²) >= 11 is 4.87. The molecular weight excluding hydrogens is 488 g/mol. The van der Waals surface area contributed by atoms with Crippen molar-refractivity contribution in [3.05, 3.63) is 92.1 Å². The van der Waals surface area contributed by atoms with E-state index in [1.165, 1.54) is 13.0 Å². The number of nitrogens with zero attached hydrogens (tertiary/aromatic N) is 2. The van der Waals surface area contributed by atoms with E-state index in [1.807, 2.05) is 0 Å². The number of aldehydes is 2. The second-order valence-corrected chi connectivity index (χ2v) is 6.78. The summed E-state index contributed by atoms with van der Waals surface area (Å²) in [7, 11) is 0. The molecule has 0 radical (unpaired) electrons. The average Bonchev–Trinajstić information content (AvgIpc) is 2.79. The number of rotatable bonds is 7. The van der Waals surface area contributed by atoms with Crippen molar-refractivity contribution < 1.29 is 38.9 Å². The van der Waals surface area contributed by atoms with Crippen LogP contribution in [0.2, 0.25) is 0 Å². The molecular formula is C22H19ClN2O10. The number of aromatic hydroxyl groups is 1. The summed E-state index contributed by atoms with van der Waals surface area (Å²) in [5, 5.41) is 29.2. The molecule has 0 aliphatic rings. The van der Waals surface area contributed by atoms with Crippen molar-refractivity contribution in [1.29, 1.82) is 0 Å². The van der Waals surface area contributed by atoms with Gasteiger partial charge in [-0.1, -0.05) is 13.2 Å². The molecule has 2 rings (SSSR count). The van der Waals surface area contributed by atoms with Gasteiger partial charge in [-0.3, -0.25) is 34.6 Å². The van der Waals surface area contributed by atoms with Gasteiger partial charge in [0, 0.05) is 23.3 Å². The Morgan fingerprint density at radius 3 is 1.71 bits per heavy atom. The second-order valence-electron chi connectivity index (χ2n) is 6.44. The molecule has 0 saturated heterocycles. The lowest BCUT2D eigenvalue weighted by atomic mass is 10.2. The first-order chi connectivity index (χ1) is 16.2. The van der Waals surface area contributed by atoms with E-state index in [9.17, 15) is 39.4 Å². The second kappa shape index (κ2) is 14.4. The molecule has 2 aromatic carbocycles. The van der Waals surface area contributed by atoms with Crippen molar-refractivity contribution in [2.75, 3.05) is 0 Å². The Morgan fingerprint density at radius 1 is 0.914 bits per heavy atom. The quantitative estimate of drug-likeness (QED) is 0.108. The van der Waals surface area contributed by atoms with E-state index < -0.39 is 21.1 Å². The van der Waals surface area contributed by atoms with Crippen molar-refractivity contribution in [3.63, 3.8) is 0 Å². The first kappa shape index (κ1) is 30.3. The number of phenolic OH excluding ortho intramolecular Hbond substituents is 1. The van der Waals surface area contributed by atoms with Gasteiger partial charge in [0.2, 0.25) is 5.24 Å². The molecule has 0 spiro atoms. The number of phenols is 1. The van der Waals surface area contributed by atoms with Gasteiger partial charge < -0.3 is 9.84 Å². The largest absolute Gasteiger partial charge is 0.508 e. The Morgan fingerprint density at radius 2 is 1.34 bits per heavy atom. The minimum absolute atomic E-state index is 0.0608. The summed E-state index contributed by atoms with van der Waals surface area (Å²) in [6.07, 6.45) is 0.661. The van der Waals surface area contributed by atoms with Crippen molar-refractivity contribution >= 4 is 46.8 Å². The lowest BCUT2D eigenvalue weighted by Crippen LogP contribution is -2.08. The van der Waals surface area contributed by atoms with Gasteiger partial charge in [0.25, 0.3) is 11.4 Å². The van der Waals surface area contributed by atoms with Crippen LogP contribution in [-0.2, 0) is 9.59 Å². The molecule has 35 heavy (non-hydrogen) atoms. The van der Waals surface area contributed by atoms with E-state index in [2.05, 4.69) is 13.2 Å². The fourth-order valence-electron chi connectivity index (χ4n) is 1.85. The molecule has 0 heterocycles. The first-order valence-electron chi connectivity index (χ1n) is 9.14. The zero-order valence-corrected chi connectivity index (χ0v) is 19.2. The molecule has 0 aromatic heterocycles. The van der Waals surface area contributed by atoms with Gasteiger partial charge in [-0.2, -0.15) is 0 Å². The van der Waals surface area contributed by atoms with Crippen LogP contribution in [0.1, 0.15) is 34.6 Å². The Kier molecular flexibility index (Phi) is 12.5. The smallest absolute Gasteiger partial charge is 0.338 e. The van der Waals surface area contributed by atoms with Gasteiger partial charge in [0.15, 0.2) is 12.6 Å². The first-order valence-corrected chi connectivity index (χ1v) is 9.52. The van der Waals surface area contributed by atoms with E-state index in [0.717, 1.165) is 30.3 Å². The van der Waals surface area contributed by atoms with Crippen LogP contribution in [0.5, 0.6) is 11.5 Å². The maximum absolute atomic E-state index is 11.2. The van der Waals surface area contributed by atoms with Crippen molar-refractivity contribution in [2.45, 2.75) is 13.8 Å². The molecule has 184 valence electrons. The molecule has 0 unspecified atom stereocenters. The summed E-state index contributed by atoms with van der Waals surface area (Å²) in [5.41, 5.74) is -0.340. The van der Waals surface area contributed by atoms with Crippen LogP contribution in [0.15, 0.2) is 60.7 Å². The lowest BCUT2D eigenvalue weighted by Gasteiger charge is -2.04. The number of benzene rings is 2. The van der Waals surface area contributed by atoms with Crippen LogP contribution < -0.4 is 4.74 Å². The molecule has 0 aliphatic carbocycles. The predicted molar refractivity (Wildman–Crippen MR) is 125 cm³/mol. The molecule has 0 bridgehead atoms. The molecule has 12 nitrogen and oxygen atoms in total. The number of halogens is 1. The van der Waals surface area contributed by atoms with E-state index in [0.29, 0.717) is 18.1 Å². The summed E-state index contributed by atoms with van der Waals surface area (Å²) in [6.45, 7) is 9.69. The van der Waals surface area contributed by atoms with Crippen LogP contribution in [0.4, 0.5) is 11.4 Å². The number of carbonyl (C=O) groups excluding carboxylic acids is 4. The Bertz CT molecular complexity index is 1180. The highest BCUT2D eigenvalue weighted by Crippen LogP contribution is 2.23. The average molecular weight is 507 g/mol. The van der Waals surface area contributed by atoms with E-state index >= 15 is 0 Å². The summed E-state index contributed by atoms with van der Waals surface area (Å²) in [4.78, 5) is 61.3. The van der Waals surface area contributed by atoms with Crippen molar-refractivity contribution in [2.24, 2.45) is 0 Å². The van der Waals surface area contributed by atoms with Gasteiger partial charge in [-0.15, -0.1) is 0 Å². The highest BCUT2D eigenvalue weighted by molar-refractivity contribution is 6.67. The van der Waals surface area contributed by atoms with Crippen LogP contribution in [0, 0.1) is 20.2 Å². The van der Waals surface area contributed by atoms with E-state index in [-0.39, 0.29) is 39.6 Å². The van der Waals surface area contributed by atoms with E-state index in [1.54, 1.807) is 6.92 Å². The highest BCUT2D eigenvalue weighted by Gasteiger charge is 2.15. The zero-order chi connectivity index (χ0) is 27.3. The summed E-state index contributed by atoms with van der Waals surface area (Å²) < 4.78 is 4.83. The number of allylic oxidation sites excluding steroid dienone is 1. The summed E-state index contributed by atoms with van der Waals surface area (Å²) in [6, 6.07) is 6.76. The predicted octanol–water partition coefficient (Wildman–Crippen LogP) is 4.33.